The van der Waals surface area contributed by atoms with Crippen LogP contribution in [0.3, 0.4) is 0 Å². The minimum atomic E-state index is -0.165. The Hall–Kier alpha value is -1.98. The first-order valence-electron chi connectivity index (χ1n) is 6.24. The minimum absolute atomic E-state index is 0.165. The van der Waals surface area contributed by atoms with E-state index in [4.69, 9.17) is 16.0 Å². The van der Waals surface area contributed by atoms with Crippen LogP contribution in [0, 0.1) is 0 Å². The molecule has 4 nitrogen and oxygen atoms in total. The average Bonchev–Trinajstić information content (AvgIpc) is 2.87. The van der Waals surface area contributed by atoms with Gasteiger partial charge >= 0.3 is 6.01 Å². The predicted octanol–water partition coefficient (Wildman–Crippen LogP) is 4.21. The number of halogens is 1. The first kappa shape index (κ1) is 14.0. The zero-order chi connectivity index (χ0) is 14.7. The van der Waals surface area contributed by atoms with E-state index in [1.54, 1.807) is 18.2 Å². The van der Waals surface area contributed by atoms with Gasteiger partial charge in [0.2, 0.25) is 5.91 Å². The molecule has 6 heteroatoms. The second-order valence-corrected chi connectivity index (χ2v) is 5.77. The van der Waals surface area contributed by atoms with Gasteiger partial charge in [-0.3, -0.25) is 10.1 Å². The van der Waals surface area contributed by atoms with Crippen molar-refractivity contribution in [2.45, 2.75) is 4.90 Å². The second-order valence-electron chi connectivity index (χ2n) is 4.28. The van der Waals surface area contributed by atoms with Gasteiger partial charge in [-0.1, -0.05) is 29.8 Å². The van der Waals surface area contributed by atoms with Crippen LogP contribution in [-0.4, -0.2) is 16.6 Å². The maximum Gasteiger partial charge on any atom is 0.302 e. The highest BCUT2D eigenvalue weighted by Crippen LogP contribution is 2.23. The number of nitrogens with one attached hydrogen (secondary N) is 1. The van der Waals surface area contributed by atoms with E-state index in [0.717, 1.165) is 4.90 Å². The molecule has 21 heavy (non-hydrogen) atoms. The van der Waals surface area contributed by atoms with Crippen molar-refractivity contribution in [3.05, 3.63) is 53.6 Å². The van der Waals surface area contributed by atoms with Crippen LogP contribution in [0.25, 0.3) is 11.1 Å². The lowest BCUT2D eigenvalue weighted by Crippen LogP contribution is -2.14. The highest BCUT2D eigenvalue weighted by atomic mass is 35.5. The van der Waals surface area contributed by atoms with E-state index >= 15 is 0 Å². The third kappa shape index (κ3) is 3.56. The Morgan fingerprint density at radius 1 is 1.24 bits per heavy atom. The Morgan fingerprint density at radius 3 is 2.86 bits per heavy atom. The van der Waals surface area contributed by atoms with E-state index in [1.165, 1.54) is 11.8 Å². The number of carbonyl (C=O) groups excluding carboxylic acids is 1. The number of nitrogens with zero attached hydrogens (tertiary/aromatic N) is 1. The molecule has 3 aromatic rings. The van der Waals surface area contributed by atoms with Crippen molar-refractivity contribution in [1.29, 1.82) is 0 Å². The Bertz CT molecular complexity index is 774. The minimum Gasteiger partial charge on any atom is -0.423 e. The van der Waals surface area contributed by atoms with Crippen LogP contribution in [-0.2, 0) is 4.79 Å². The summed E-state index contributed by atoms with van der Waals surface area (Å²) in [5.74, 6) is 0.130. The molecule has 1 N–H and O–H groups in total. The molecule has 1 aromatic heterocycles. The third-order valence-electron chi connectivity index (χ3n) is 2.71. The van der Waals surface area contributed by atoms with Crippen LogP contribution in [0.15, 0.2) is 57.8 Å². The third-order valence-corrected chi connectivity index (χ3v) is 3.96. The normalized spacial score (nSPS) is 10.7. The molecule has 106 valence electrons. The molecular weight excluding hydrogens is 308 g/mol. The summed E-state index contributed by atoms with van der Waals surface area (Å²) in [4.78, 5) is 17.1. The molecule has 0 aliphatic rings. The summed E-state index contributed by atoms with van der Waals surface area (Å²) in [6.45, 7) is 0. The highest BCUT2D eigenvalue weighted by Gasteiger charge is 2.10. The van der Waals surface area contributed by atoms with Gasteiger partial charge in [0, 0.05) is 16.0 Å². The quantitative estimate of drug-likeness (QED) is 0.732. The summed E-state index contributed by atoms with van der Waals surface area (Å²) in [5, 5.41) is 3.21. The van der Waals surface area contributed by atoms with Gasteiger partial charge in [-0.15, -0.1) is 11.8 Å². The number of hydrogen-bond acceptors (Lipinski definition) is 4. The lowest BCUT2D eigenvalue weighted by atomic mass is 10.3. The fourth-order valence-corrected chi connectivity index (χ4v) is 2.65. The fraction of sp³-hybridized carbons (Fsp3) is 0.0667. The molecule has 0 aliphatic heterocycles. The maximum absolute atomic E-state index is 11.9. The van der Waals surface area contributed by atoms with Gasteiger partial charge in [0.15, 0.2) is 5.58 Å². The smallest absolute Gasteiger partial charge is 0.302 e. The summed E-state index contributed by atoms with van der Waals surface area (Å²) in [5.41, 5.74) is 1.21. The Balaban J connectivity index is 1.63. The largest absolute Gasteiger partial charge is 0.423 e. The van der Waals surface area contributed by atoms with E-state index in [2.05, 4.69) is 10.3 Å². The summed E-state index contributed by atoms with van der Waals surface area (Å²) >= 11 is 7.33. The zero-order valence-corrected chi connectivity index (χ0v) is 12.4. The number of amides is 1. The lowest BCUT2D eigenvalue weighted by molar-refractivity contribution is -0.113. The number of aromatic nitrogens is 1. The van der Waals surface area contributed by atoms with Crippen LogP contribution < -0.4 is 5.32 Å². The molecule has 1 heterocycles. The standard InChI is InChI=1S/C15H11ClN2O2S/c16-10-6-7-12-13(8-10)20-15(17-12)18-14(19)9-21-11-4-2-1-3-5-11/h1-8H,9H2,(H,17,18,19). The molecule has 0 bridgehead atoms. The molecule has 0 spiro atoms. The fourth-order valence-electron chi connectivity index (χ4n) is 1.77. The number of anilines is 1. The molecule has 0 unspecified atom stereocenters. The molecule has 0 aliphatic carbocycles. The molecule has 0 radical (unpaired) electrons. The van der Waals surface area contributed by atoms with Crippen molar-refractivity contribution >= 4 is 46.4 Å². The Morgan fingerprint density at radius 2 is 2.05 bits per heavy atom. The van der Waals surface area contributed by atoms with E-state index in [9.17, 15) is 4.79 Å². The van der Waals surface area contributed by atoms with Gasteiger partial charge in [0.25, 0.3) is 0 Å². The van der Waals surface area contributed by atoms with Crippen molar-refractivity contribution in [2.75, 3.05) is 11.1 Å². The van der Waals surface area contributed by atoms with Crippen LogP contribution >= 0.6 is 23.4 Å². The number of oxazole rings is 1. The molecular formula is C15H11ClN2O2S. The first-order chi connectivity index (χ1) is 10.2. The number of benzene rings is 2. The van der Waals surface area contributed by atoms with Crippen molar-refractivity contribution in [3.63, 3.8) is 0 Å². The van der Waals surface area contributed by atoms with Gasteiger partial charge in [0.1, 0.15) is 5.52 Å². The molecule has 1 amide bonds. The zero-order valence-electron chi connectivity index (χ0n) is 10.9. The van der Waals surface area contributed by atoms with Gasteiger partial charge in [-0.05, 0) is 24.3 Å². The van der Waals surface area contributed by atoms with Crippen molar-refractivity contribution < 1.29 is 9.21 Å². The molecule has 2 aromatic carbocycles. The SMILES string of the molecule is O=C(CSc1ccccc1)Nc1nc2ccc(Cl)cc2o1. The maximum atomic E-state index is 11.9. The lowest BCUT2D eigenvalue weighted by Gasteiger charge is -2.01. The van der Waals surface area contributed by atoms with Gasteiger partial charge in [0.05, 0.1) is 5.75 Å². The first-order valence-corrected chi connectivity index (χ1v) is 7.61. The molecule has 0 atom stereocenters. The summed E-state index contributed by atoms with van der Waals surface area (Å²) in [6, 6.07) is 15.0. The Labute approximate surface area is 130 Å². The van der Waals surface area contributed by atoms with Crippen LogP contribution in [0.2, 0.25) is 5.02 Å². The number of fused-ring (bicyclic) bond motifs is 1. The van der Waals surface area contributed by atoms with Crippen LogP contribution in [0.1, 0.15) is 0 Å². The van der Waals surface area contributed by atoms with Crippen LogP contribution in [0.5, 0.6) is 0 Å². The van der Waals surface area contributed by atoms with Crippen molar-refractivity contribution in [2.24, 2.45) is 0 Å². The van der Waals surface area contributed by atoms with E-state index in [1.807, 2.05) is 30.3 Å². The molecule has 0 saturated carbocycles. The molecule has 0 saturated heterocycles. The highest BCUT2D eigenvalue weighted by molar-refractivity contribution is 8.00. The van der Waals surface area contributed by atoms with E-state index < -0.39 is 0 Å². The average molecular weight is 319 g/mol. The number of carbonyl (C=O) groups is 1. The monoisotopic (exact) mass is 318 g/mol. The van der Waals surface area contributed by atoms with Crippen molar-refractivity contribution in [3.8, 4) is 0 Å². The van der Waals surface area contributed by atoms with E-state index in [-0.39, 0.29) is 11.9 Å². The Kier molecular flexibility index (Phi) is 4.13. The van der Waals surface area contributed by atoms with Crippen molar-refractivity contribution in [1.82, 2.24) is 4.98 Å². The van der Waals surface area contributed by atoms with Gasteiger partial charge < -0.3 is 4.42 Å². The topological polar surface area (TPSA) is 55.1 Å². The number of thioether (sulfide) groups is 1. The van der Waals surface area contributed by atoms with E-state index in [0.29, 0.717) is 21.9 Å². The van der Waals surface area contributed by atoms with Gasteiger partial charge in [-0.25, -0.2) is 0 Å². The predicted molar refractivity (Wildman–Crippen MR) is 84.8 cm³/mol. The molecule has 0 fully saturated rings. The number of hydrogen-bond donors (Lipinski definition) is 1. The second kappa shape index (κ2) is 6.20. The summed E-state index contributed by atoms with van der Waals surface area (Å²) < 4.78 is 5.43. The summed E-state index contributed by atoms with van der Waals surface area (Å²) in [7, 11) is 0. The van der Waals surface area contributed by atoms with Gasteiger partial charge in [-0.2, -0.15) is 4.98 Å². The summed E-state index contributed by atoms with van der Waals surface area (Å²) in [6.07, 6.45) is 0. The number of rotatable bonds is 4. The van der Waals surface area contributed by atoms with Crippen LogP contribution in [0.4, 0.5) is 6.01 Å². The molecule has 3 rings (SSSR count).